The van der Waals surface area contributed by atoms with Gasteiger partial charge in [0.05, 0.1) is 12.2 Å². The molecule has 0 aliphatic rings. The molecule has 0 unspecified atom stereocenters. The number of halogens is 3. The van der Waals surface area contributed by atoms with Gasteiger partial charge in [-0.15, -0.1) is 0 Å². The van der Waals surface area contributed by atoms with Gasteiger partial charge in [0.25, 0.3) is 16.0 Å². The van der Waals surface area contributed by atoms with Crippen molar-refractivity contribution >= 4 is 16.0 Å². The molecule has 0 radical (unpaired) electrons. The Morgan fingerprint density at radius 1 is 1.24 bits per heavy atom. The zero-order valence-corrected chi connectivity index (χ0v) is 13.7. The van der Waals surface area contributed by atoms with Crippen LogP contribution in [0.5, 0.6) is 0 Å². The number of primary amides is 1. The molecular weight excluding hydrogens is 361 g/mol. The molecule has 0 aliphatic heterocycles. The van der Waals surface area contributed by atoms with E-state index in [0.29, 0.717) is 17.7 Å². The van der Waals surface area contributed by atoms with Crippen LogP contribution in [-0.2, 0) is 26.7 Å². The monoisotopic (exact) mass is 374 g/mol. The fraction of sp³-hybridized carbons (Fsp3) is 0.200. The summed E-state index contributed by atoms with van der Waals surface area (Å²) in [7, 11) is -4.25. The molecule has 0 saturated carbocycles. The Hall–Kier alpha value is -2.46. The van der Waals surface area contributed by atoms with Crippen LogP contribution in [0, 0.1) is 24.4 Å². The predicted molar refractivity (Wildman–Crippen MR) is 81.2 cm³/mol. The molecule has 1 aromatic carbocycles. The summed E-state index contributed by atoms with van der Waals surface area (Å²) in [5.74, 6) is -5.38. The summed E-state index contributed by atoms with van der Waals surface area (Å²) in [6, 6.07) is 2.55. The summed E-state index contributed by atoms with van der Waals surface area (Å²) >= 11 is 0. The van der Waals surface area contributed by atoms with E-state index in [-0.39, 0.29) is 11.3 Å². The van der Waals surface area contributed by atoms with Gasteiger partial charge in [0.2, 0.25) is 0 Å². The van der Waals surface area contributed by atoms with Crippen molar-refractivity contribution in [3.8, 4) is 0 Å². The van der Waals surface area contributed by atoms with Crippen LogP contribution in [0.3, 0.4) is 0 Å². The van der Waals surface area contributed by atoms with Crippen LogP contribution >= 0.6 is 0 Å². The Labute approximate surface area is 141 Å². The van der Waals surface area contributed by atoms with E-state index in [1.165, 1.54) is 13.0 Å². The topological polar surface area (TPSA) is 99.4 Å². The van der Waals surface area contributed by atoms with Crippen molar-refractivity contribution in [3.05, 3.63) is 64.2 Å². The summed E-state index contributed by atoms with van der Waals surface area (Å²) in [5.41, 5.74) is 4.83. The lowest BCUT2D eigenvalue weighted by Gasteiger charge is -2.10. The summed E-state index contributed by atoms with van der Waals surface area (Å²) in [6.45, 7) is 0.536. The molecule has 1 amide bonds. The number of aryl methyl sites for hydroxylation is 1. The fourth-order valence-corrected chi connectivity index (χ4v) is 3.02. The van der Waals surface area contributed by atoms with E-state index < -0.39 is 51.4 Å². The van der Waals surface area contributed by atoms with Gasteiger partial charge in [0, 0.05) is 6.20 Å². The highest BCUT2D eigenvalue weighted by Gasteiger charge is 2.20. The standard InChI is InChI=1S/C15H13F3N2O4S/c1-8-4-13(15(19)21)20-5-9(8)7-25(22,23)24-6-10-11(16)2-3-12(17)14(10)18/h2-5H,6-7H2,1H3,(H2,19,21). The third-order valence-electron chi connectivity index (χ3n) is 3.33. The van der Waals surface area contributed by atoms with Crippen LogP contribution in [0.2, 0.25) is 0 Å². The Morgan fingerprint density at radius 3 is 2.48 bits per heavy atom. The van der Waals surface area contributed by atoms with Gasteiger partial charge in [-0.3, -0.25) is 14.0 Å². The Bertz CT molecular complexity index is 933. The molecule has 25 heavy (non-hydrogen) atoms. The van der Waals surface area contributed by atoms with Gasteiger partial charge < -0.3 is 5.73 Å². The van der Waals surface area contributed by atoms with Gasteiger partial charge in [-0.25, -0.2) is 13.2 Å². The average molecular weight is 374 g/mol. The minimum atomic E-state index is -4.25. The molecule has 0 fully saturated rings. The van der Waals surface area contributed by atoms with Crippen LogP contribution in [0.4, 0.5) is 13.2 Å². The number of hydrogen-bond donors (Lipinski definition) is 1. The van der Waals surface area contributed by atoms with Gasteiger partial charge in [-0.05, 0) is 36.2 Å². The summed E-state index contributed by atoms with van der Waals surface area (Å²) in [6.07, 6.45) is 1.14. The molecule has 0 aliphatic carbocycles. The van der Waals surface area contributed by atoms with E-state index in [9.17, 15) is 26.4 Å². The first-order valence-corrected chi connectivity index (χ1v) is 8.43. The molecule has 2 aromatic rings. The second-order valence-electron chi connectivity index (χ2n) is 5.15. The SMILES string of the molecule is Cc1cc(C(N)=O)ncc1CS(=O)(=O)OCc1c(F)ccc(F)c1F. The minimum Gasteiger partial charge on any atom is -0.364 e. The fourth-order valence-electron chi connectivity index (χ4n) is 1.95. The van der Waals surface area contributed by atoms with Gasteiger partial charge in [-0.2, -0.15) is 8.42 Å². The molecule has 0 atom stereocenters. The third kappa shape index (κ3) is 4.54. The van der Waals surface area contributed by atoms with E-state index in [1.807, 2.05) is 0 Å². The molecular formula is C15H13F3N2O4S. The zero-order chi connectivity index (χ0) is 18.8. The first kappa shape index (κ1) is 18.9. The highest BCUT2D eigenvalue weighted by atomic mass is 32.2. The number of aromatic nitrogens is 1. The highest BCUT2D eigenvalue weighted by molar-refractivity contribution is 7.85. The average Bonchev–Trinajstić information content (AvgIpc) is 2.52. The van der Waals surface area contributed by atoms with Crippen LogP contribution in [-0.4, -0.2) is 19.3 Å². The maximum absolute atomic E-state index is 13.5. The number of amides is 1. The Kier molecular flexibility index (Phi) is 5.43. The quantitative estimate of drug-likeness (QED) is 0.615. The Morgan fingerprint density at radius 2 is 1.88 bits per heavy atom. The minimum absolute atomic E-state index is 0.0385. The number of rotatable bonds is 6. The van der Waals surface area contributed by atoms with Crippen molar-refractivity contribution in [2.45, 2.75) is 19.3 Å². The maximum Gasteiger partial charge on any atom is 0.271 e. The normalized spacial score (nSPS) is 11.5. The molecule has 2 N–H and O–H groups in total. The zero-order valence-electron chi connectivity index (χ0n) is 12.9. The molecule has 134 valence electrons. The van der Waals surface area contributed by atoms with Gasteiger partial charge in [0.15, 0.2) is 11.6 Å². The first-order valence-electron chi connectivity index (χ1n) is 6.85. The largest absolute Gasteiger partial charge is 0.364 e. The van der Waals surface area contributed by atoms with Crippen molar-refractivity contribution in [1.82, 2.24) is 4.98 Å². The van der Waals surface area contributed by atoms with Crippen molar-refractivity contribution in [2.75, 3.05) is 0 Å². The van der Waals surface area contributed by atoms with E-state index >= 15 is 0 Å². The highest BCUT2D eigenvalue weighted by Crippen LogP contribution is 2.19. The second-order valence-corrected chi connectivity index (χ2v) is 6.79. The smallest absolute Gasteiger partial charge is 0.271 e. The number of pyridine rings is 1. The number of nitrogens with zero attached hydrogens (tertiary/aromatic N) is 1. The van der Waals surface area contributed by atoms with Gasteiger partial charge >= 0.3 is 0 Å². The molecule has 6 nitrogen and oxygen atoms in total. The third-order valence-corrected chi connectivity index (χ3v) is 4.47. The lowest BCUT2D eigenvalue weighted by atomic mass is 10.1. The van der Waals surface area contributed by atoms with Crippen LogP contribution in [0.25, 0.3) is 0 Å². The van der Waals surface area contributed by atoms with E-state index in [2.05, 4.69) is 9.17 Å². The maximum atomic E-state index is 13.5. The molecule has 2 rings (SSSR count). The molecule has 10 heteroatoms. The van der Waals surface area contributed by atoms with E-state index in [4.69, 9.17) is 5.73 Å². The molecule has 1 heterocycles. The number of nitrogens with two attached hydrogens (primary N) is 1. The number of carbonyl (C=O) groups excluding carboxylic acids is 1. The van der Waals surface area contributed by atoms with Crippen molar-refractivity contribution in [3.63, 3.8) is 0 Å². The molecule has 0 saturated heterocycles. The molecule has 0 bridgehead atoms. The number of carbonyl (C=O) groups is 1. The van der Waals surface area contributed by atoms with Crippen molar-refractivity contribution in [2.24, 2.45) is 5.73 Å². The lowest BCUT2D eigenvalue weighted by molar-refractivity contribution is 0.0995. The van der Waals surface area contributed by atoms with Crippen LogP contribution in [0.15, 0.2) is 24.4 Å². The molecule has 0 spiro atoms. The van der Waals surface area contributed by atoms with Crippen LogP contribution in [0.1, 0.15) is 27.2 Å². The van der Waals surface area contributed by atoms with E-state index in [0.717, 1.165) is 6.20 Å². The number of hydrogen-bond acceptors (Lipinski definition) is 5. The second kappa shape index (κ2) is 7.19. The molecule has 1 aromatic heterocycles. The summed E-state index contributed by atoms with van der Waals surface area (Å²) in [5, 5.41) is 0. The van der Waals surface area contributed by atoms with Crippen LogP contribution < -0.4 is 5.73 Å². The predicted octanol–water partition coefficient (Wildman–Crippen LogP) is 1.95. The summed E-state index contributed by atoms with van der Waals surface area (Å²) < 4.78 is 68.6. The van der Waals surface area contributed by atoms with E-state index in [1.54, 1.807) is 0 Å². The van der Waals surface area contributed by atoms with Crippen molar-refractivity contribution < 1.29 is 30.6 Å². The Balaban J connectivity index is 2.16. The van der Waals surface area contributed by atoms with Crippen molar-refractivity contribution in [1.29, 1.82) is 0 Å². The number of benzene rings is 1. The lowest BCUT2D eigenvalue weighted by Crippen LogP contribution is -2.15. The van der Waals surface area contributed by atoms with Gasteiger partial charge in [0.1, 0.15) is 17.3 Å². The van der Waals surface area contributed by atoms with Gasteiger partial charge in [-0.1, -0.05) is 0 Å². The summed E-state index contributed by atoms with van der Waals surface area (Å²) in [4.78, 5) is 14.7. The first-order chi connectivity index (χ1) is 11.6.